The van der Waals surface area contributed by atoms with Gasteiger partial charge in [-0.1, -0.05) is 24.3 Å². The third-order valence-corrected chi connectivity index (χ3v) is 5.70. The fourth-order valence-corrected chi connectivity index (χ4v) is 4.31. The lowest BCUT2D eigenvalue weighted by molar-refractivity contribution is 0.138. The van der Waals surface area contributed by atoms with E-state index >= 15 is 0 Å². The van der Waals surface area contributed by atoms with Gasteiger partial charge in [0.25, 0.3) is 5.56 Å². The number of benzene rings is 2. The van der Waals surface area contributed by atoms with Crippen LogP contribution in [0.2, 0.25) is 0 Å². The van der Waals surface area contributed by atoms with Crippen LogP contribution in [-0.2, 0) is 0 Å². The lowest BCUT2D eigenvalue weighted by Gasteiger charge is -2.24. The maximum Gasteiger partial charge on any atom is 0.407 e. The van der Waals surface area contributed by atoms with Crippen molar-refractivity contribution in [1.82, 2.24) is 14.5 Å². The third kappa shape index (κ3) is 2.98. The number of para-hydroxylation sites is 1. The van der Waals surface area contributed by atoms with Crippen molar-refractivity contribution in [3.05, 3.63) is 64.7 Å². The van der Waals surface area contributed by atoms with E-state index in [0.29, 0.717) is 35.4 Å². The second-order valence-electron chi connectivity index (χ2n) is 6.43. The molecule has 0 aliphatic carbocycles. The van der Waals surface area contributed by atoms with Crippen molar-refractivity contribution in [2.24, 2.45) is 0 Å². The average molecular weight is 381 g/mol. The SMILES string of the molecule is CSc1cccc2nc(C3CCCN3C(=O)O)n(-c3ccccc3)c(=O)c12. The first-order chi connectivity index (χ1) is 13.1. The number of amides is 1. The highest BCUT2D eigenvalue weighted by Gasteiger charge is 2.34. The third-order valence-electron chi connectivity index (χ3n) is 4.92. The van der Waals surface area contributed by atoms with Crippen LogP contribution in [0.15, 0.2) is 58.2 Å². The molecule has 3 aromatic rings. The molecule has 1 aliphatic heterocycles. The number of nitrogens with zero attached hydrogens (tertiary/aromatic N) is 3. The molecule has 7 heteroatoms. The van der Waals surface area contributed by atoms with Gasteiger partial charge in [-0.25, -0.2) is 9.78 Å². The van der Waals surface area contributed by atoms with E-state index < -0.39 is 12.1 Å². The van der Waals surface area contributed by atoms with Gasteiger partial charge in [-0.15, -0.1) is 11.8 Å². The van der Waals surface area contributed by atoms with Gasteiger partial charge in [-0.2, -0.15) is 0 Å². The number of hydrogen-bond donors (Lipinski definition) is 1. The van der Waals surface area contributed by atoms with Crippen molar-refractivity contribution in [2.45, 2.75) is 23.8 Å². The zero-order chi connectivity index (χ0) is 19.0. The highest BCUT2D eigenvalue weighted by atomic mass is 32.2. The quantitative estimate of drug-likeness (QED) is 0.696. The Bertz CT molecular complexity index is 1070. The van der Waals surface area contributed by atoms with Gasteiger partial charge in [-0.3, -0.25) is 14.3 Å². The van der Waals surface area contributed by atoms with Crippen molar-refractivity contribution in [3.8, 4) is 5.69 Å². The van der Waals surface area contributed by atoms with E-state index in [1.165, 1.54) is 16.7 Å². The van der Waals surface area contributed by atoms with Crippen molar-refractivity contribution in [2.75, 3.05) is 12.8 Å². The molecular weight excluding hydrogens is 362 g/mol. The van der Waals surface area contributed by atoms with Gasteiger partial charge in [0.1, 0.15) is 5.82 Å². The molecule has 0 bridgehead atoms. The van der Waals surface area contributed by atoms with Gasteiger partial charge in [0.2, 0.25) is 0 Å². The minimum absolute atomic E-state index is 0.164. The van der Waals surface area contributed by atoms with E-state index in [-0.39, 0.29) is 5.56 Å². The Balaban J connectivity index is 2.06. The summed E-state index contributed by atoms with van der Waals surface area (Å²) in [5.41, 5.74) is 1.13. The Morgan fingerprint density at radius 3 is 2.67 bits per heavy atom. The van der Waals surface area contributed by atoms with Crippen molar-refractivity contribution >= 4 is 28.8 Å². The Morgan fingerprint density at radius 1 is 1.19 bits per heavy atom. The van der Waals surface area contributed by atoms with E-state index in [0.717, 1.165) is 11.3 Å². The van der Waals surface area contributed by atoms with Crippen molar-refractivity contribution in [1.29, 1.82) is 0 Å². The summed E-state index contributed by atoms with van der Waals surface area (Å²) in [6.07, 6.45) is 2.35. The van der Waals surface area contributed by atoms with Gasteiger partial charge >= 0.3 is 6.09 Å². The summed E-state index contributed by atoms with van der Waals surface area (Å²) in [6, 6.07) is 14.5. The zero-order valence-corrected chi connectivity index (χ0v) is 15.6. The molecule has 4 rings (SSSR count). The molecule has 27 heavy (non-hydrogen) atoms. The smallest absolute Gasteiger partial charge is 0.407 e. The number of fused-ring (bicyclic) bond motifs is 1. The Morgan fingerprint density at radius 2 is 1.96 bits per heavy atom. The maximum atomic E-state index is 13.5. The van der Waals surface area contributed by atoms with Crippen LogP contribution in [-0.4, -0.2) is 38.5 Å². The predicted molar refractivity (Wildman–Crippen MR) is 106 cm³/mol. The van der Waals surface area contributed by atoms with E-state index in [1.807, 2.05) is 54.8 Å². The Labute approximate surface area is 160 Å². The molecule has 1 atom stereocenters. The summed E-state index contributed by atoms with van der Waals surface area (Å²) in [5.74, 6) is 0.483. The molecule has 1 saturated heterocycles. The second kappa shape index (κ2) is 7.08. The number of likely N-dealkylation sites (tertiary alicyclic amines) is 1. The van der Waals surface area contributed by atoms with Gasteiger partial charge < -0.3 is 5.11 Å². The topological polar surface area (TPSA) is 75.4 Å². The van der Waals surface area contributed by atoms with Crippen LogP contribution in [0.3, 0.4) is 0 Å². The van der Waals surface area contributed by atoms with Crippen LogP contribution < -0.4 is 5.56 Å². The monoisotopic (exact) mass is 381 g/mol. The number of rotatable bonds is 3. The van der Waals surface area contributed by atoms with E-state index in [4.69, 9.17) is 4.98 Å². The minimum Gasteiger partial charge on any atom is -0.465 e. The molecule has 2 aromatic carbocycles. The zero-order valence-electron chi connectivity index (χ0n) is 14.8. The largest absolute Gasteiger partial charge is 0.465 e. The highest BCUT2D eigenvalue weighted by Crippen LogP contribution is 2.33. The molecule has 1 fully saturated rings. The summed E-state index contributed by atoms with van der Waals surface area (Å²) >= 11 is 1.50. The standard InChI is InChI=1S/C20H19N3O3S/c1-27-16-11-5-9-14-17(16)19(24)23(13-7-3-2-4-8-13)18(21-14)15-10-6-12-22(15)20(25)26/h2-5,7-9,11,15H,6,10,12H2,1H3,(H,25,26). The molecule has 0 radical (unpaired) electrons. The molecule has 2 heterocycles. The molecule has 1 unspecified atom stereocenters. The van der Waals surface area contributed by atoms with E-state index in [1.54, 1.807) is 4.57 Å². The van der Waals surface area contributed by atoms with E-state index in [2.05, 4.69) is 0 Å². The van der Waals surface area contributed by atoms with Crippen LogP contribution in [0.1, 0.15) is 24.7 Å². The number of aromatic nitrogens is 2. The first-order valence-corrected chi connectivity index (χ1v) is 9.99. The Kier molecular flexibility index (Phi) is 4.61. The van der Waals surface area contributed by atoms with Crippen molar-refractivity contribution < 1.29 is 9.90 Å². The molecule has 1 N–H and O–H groups in total. The fourth-order valence-electron chi connectivity index (χ4n) is 3.70. The second-order valence-corrected chi connectivity index (χ2v) is 7.28. The summed E-state index contributed by atoms with van der Waals surface area (Å²) in [5, 5.41) is 10.1. The van der Waals surface area contributed by atoms with Gasteiger partial charge in [-0.05, 0) is 43.4 Å². The number of carbonyl (C=O) groups is 1. The van der Waals surface area contributed by atoms with Crippen LogP contribution >= 0.6 is 11.8 Å². The molecule has 0 spiro atoms. The molecule has 0 saturated carbocycles. The van der Waals surface area contributed by atoms with Gasteiger partial charge in [0.05, 0.1) is 22.6 Å². The summed E-state index contributed by atoms with van der Waals surface area (Å²) in [7, 11) is 0. The average Bonchev–Trinajstić information content (AvgIpc) is 3.18. The number of carboxylic acid groups (broad SMARTS) is 1. The normalized spacial score (nSPS) is 16.8. The highest BCUT2D eigenvalue weighted by molar-refractivity contribution is 7.98. The first kappa shape index (κ1) is 17.6. The lowest BCUT2D eigenvalue weighted by atomic mass is 10.1. The fraction of sp³-hybridized carbons (Fsp3) is 0.250. The summed E-state index contributed by atoms with van der Waals surface area (Å²) in [6.45, 7) is 0.452. The first-order valence-electron chi connectivity index (χ1n) is 8.76. The lowest BCUT2D eigenvalue weighted by Crippen LogP contribution is -2.34. The molecule has 6 nitrogen and oxygen atoms in total. The van der Waals surface area contributed by atoms with Crippen molar-refractivity contribution in [3.63, 3.8) is 0 Å². The summed E-state index contributed by atoms with van der Waals surface area (Å²) < 4.78 is 1.58. The number of thioether (sulfide) groups is 1. The summed E-state index contributed by atoms with van der Waals surface area (Å²) in [4.78, 5) is 32.2. The van der Waals surface area contributed by atoms with Crippen LogP contribution in [0.25, 0.3) is 16.6 Å². The minimum atomic E-state index is -0.982. The predicted octanol–water partition coefficient (Wildman–Crippen LogP) is 3.92. The van der Waals surface area contributed by atoms with E-state index in [9.17, 15) is 14.7 Å². The molecular formula is C20H19N3O3S. The van der Waals surface area contributed by atoms with Crippen LogP contribution in [0.5, 0.6) is 0 Å². The van der Waals surface area contributed by atoms with Gasteiger partial charge in [0, 0.05) is 11.4 Å². The molecule has 1 aromatic heterocycles. The van der Waals surface area contributed by atoms with Gasteiger partial charge in [0.15, 0.2) is 0 Å². The number of hydrogen-bond acceptors (Lipinski definition) is 4. The molecule has 138 valence electrons. The van der Waals surface area contributed by atoms with Crippen LogP contribution in [0.4, 0.5) is 4.79 Å². The van der Waals surface area contributed by atoms with Crippen LogP contribution in [0, 0.1) is 0 Å². The maximum absolute atomic E-state index is 13.5. The Hall–Kier alpha value is -2.80. The molecule has 1 amide bonds. The molecule has 1 aliphatic rings.